The number of aromatic nitrogens is 2. The van der Waals surface area contributed by atoms with Crippen molar-refractivity contribution in [2.45, 2.75) is 38.3 Å². The molecule has 0 aliphatic carbocycles. The zero-order chi connectivity index (χ0) is 19.3. The number of rotatable bonds is 2. The number of pyridine rings is 1. The van der Waals surface area contributed by atoms with Crippen molar-refractivity contribution >= 4 is 11.7 Å². The van der Waals surface area contributed by atoms with Gasteiger partial charge in [0, 0.05) is 29.1 Å². The molecule has 0 saturated carbocycles. The molecule has 2 bridgehead atoms. The van der Waals surface area contributed by atoms with Gasteiger partial charge in [0.25, 0.3) is 0 Å². The smallest absolute Gasteiger partial charge is 0.322 e. The number of halogens is 1. The van der Waals surface area contributed by atoms with E-state index in [2.05, 4.69) is 15.3 Å². The van der Waals surface area contributed by atoms with E-state index in [0.29, 0.717) is 17.7 Å². The molecule has 3 aromatic rings. The number of benzene rings is 1. The third kappa shape index (κ3) is 2.66. The summed E-state index contributed by atoms with van der Waals surface area (Å²) in [6.45, 7) is 1.89. The lowest BCUT2D eigenvalue weighted by Crippen LogP contribution is -2.44. The molecule has 2 atom stereocenters. The standard InChI is InChI=1S/C21H19FN4O2/c1-12-19(28-11-24-12)13-2-4-14(5-3-13)25-21(27)26-15-6-7-18(26)16-8-9-23-20(22)17(16)10-15/h2-5,8-9,11,15,18H,6-7,10H2,1H3,(H,25,27)/t15-,18+/m0/s1. The Morgan fingerprint density at radius 3 is 2.79 bits per heavy atom. The summed E-state index contributed by atoms with van der Waals surface area (Å²) in [6, 6.07) is 9.07. The van der Waals surface area contributed by atoms with Crippen LogP contribution >= 0.6 is 0 Å². The lowest BCUT2D eigenvalue weighted by molar-refractivity contribution is 0.178. The fourth-order valence-electron chi connectivity index (χ4n) is 4.40. The first kappa shape index (κ1) is 16.9. The maximum absolute atomic E-state index is 14.1. The van der Waals surface area contributed by atoms with E-state index in [0.717, 1.165) is 35.4 Å². The van der Waals surface area contributed by atoms with Gasteiger partial charge in [0.15, 0.2) is 12.2 Å². The third-order valence-electron chi connectivity index (χ3n) is 5.72. The van der Waals surface area contributed by atoms with Crippen LogP contribution < -0.4 is 5.32 Å². The van der Waals surface area contributed by atoms with Gasteiger partial charge in [0.05, 0.1) is 11.7 Å². The average molecular weight is 378 g/mol. The molecule has 5 rings (SSSR count). The number of urea groups is 1. The number of oxazole rings is 1. The zero-order valence-electron chi connectivity index (χ0n) is 15.4. The van der Waals surface area contributed by atoms with Crippen LogP contribution in [0.1, 0.15) is 35.7 Å². The number of hydrogen-bond donors (Lipinski definition) is 1. The summed E-state index contributed by atoms with van der Waals surface area (Å²) in [4.78, 5) is 22.7. The molecule has 7 heteroatoms. The SMILES string of the molecule is Cc1ncoc1-c1ccc(NC(=O)N2[C@H]3CC[C@@H]2c2ccnc(F)c2C3)cc1. The molecule has 4 heterocycles. The monoisotopic (exact) mass is 378 g/mol. The maximum Gasteiger partial charge on any atom is 0.322 e. The summed E-state index contributed by atoms with van der Waals surface area (Å²) in [5.74, 6) is 0.312. The van der Waals surface area contributed by atoms with Crippen molar-refractivity contribution in [2.75, 3.05) is 5.32 Å². The first-order valence-electron chi connectivity index (χ1n) is 9.35. The quantitative estimate of drug-likeness (QED) is 0.668. The molecule has 0 spiro atoms. The van der Waals surface area contributed by atoms with Gasteiger partial charge in [0.1, 0.15) is 0 Å². The molecule has 2 aromatic heterocycles. The second-order valence-electron chi connectivity index (χ2n) is 7.30. The number of nitrogens with one attached hydrogen (secondary N) is 1. The molecule has 1 saturated heterocycles. The Balaban J connectivity index is 1.36. The van der Waals surface area contributed by atoms with Crippen LogP contribution in [0.25, 0.3) is 11.3 Å². The normalized spacial score (nSPS) is 20.1. The van der Waals surface area contributed by atoms with E-state index in [1.54, 1.807) is 0 Å². The van der Waals surface area contributed by atoms with Gasteiger partial charge in [0.2, 0.25) is 5.95 Å². The van der Waals surface area contributed by atoms with Crippen LogP contribution in [0.15, 0.2) is 47.3 Å². The molecule has 0 unspecified atom stereocenters. The molecule has 2 amide bonds. The Morgan fingerprint density at radius 1 is 1.21 bits per heavy atom. The fourth-order valence-corrected chi connectivity index (χ4v) is 4.40. The van der Waals surface area contributed by atoms with Gasteiger partial charge < -0.3 is 14.6 Å². The summed E-state index contributed by atoms with van der Waals surface area (Å²) in [6.07, 6.45) is 5.13. The Bertz CT molecular complexity index is 1050. The van der Waals surface area contributed by atoms with Crippen molar-refractivity contribution < 1.29 is 13.6 Å². The topological polar surface area (TPSA) is 71.3 Å². The predicted octanol–water partition coefficient (Wildman–Crippen LogP) is 4.48. The van der Waals surface area contributed by atoms with Crippen molar-refractivity contribution in [3.63, 3.8) is 0 Å². The number of fused-ring (bicyclic) bond motifs is 4. The largest absolute Gasteiger partial charge is 0.443 e. The van der Waals surface area contributed by atoms with Crippen LogP contribution in [0.5, 0.6) is 0 Å². The van der Waals surface area contributed by atoms with E-state index < -0.39 is 5.95 Å². The summed E-state index contributed by atoms with van der Waals surface area (Å²) in [7, 11) is 0. The summed E-state index contributed by atoms with van der Waals surface area (Å²) < 4.78 is 19.5. The van der Waals surface area contributed by atoms with E-state index in [1.165, 1.54) is 12.6 Å². The van der Waals surface area contributed by atoms with Gasteiger partial charge in [-0.25, -0.2) is 14.8 Å². The highest BCUT2D eigenvalue weighted by atomic mass is 19.1. The van der Waals surface area contributed by atoms with E-state index in [-0.39, 0.29) is 18.1 Å². The molecule has 28 heavy (non-hydrogen) atoms. The van der Waals surface area contributed by atoms with E-state index >= 15 is 0 Å². The van der Waals surface area contributed by atoms with Crippen molar-refractivity contribution in [3.05, 3.63) is 65.7 Å². The predicted molar refractivity (Wildman–Crippen MR) is 101 cm³/mol. The minimum Gasteiger partial charge on any atom is -0.443 e. The van der Waals surface area contributed by atoms with Gasteiger partial charge in [-0.05, 0) is 62.1 Å². The molecule has 1 fully saturated rings. The van der Waals surface area contributed by atoms with E-state index in [9.17, 15) is 9.18 Å². The zero-order valence-corrected chi connectivity index (χ0v) is 15.4. The van der Waals surface area contributed by atoms with Gasteiger partial charge in [-0.3, -0.25) is 0 Å². The molecule has 2 aliphatic heterocycles. The van der Waals surface area contributed by atoms with Crippen LogP contribution in [0.3, 0.4) is 0 Å². The van der Waals surface area contributed by atoms with E-state index in [4.69, 9.17) is 4.42 Å². The van der Waals surface area contributed by atoms with Crippen LogP contribution in [-0.2, 0) is 6.42 Å². The minimum absolute atomic E-state index is 0.00677. The molecule has 6 nitrogen and oxygen atoms in total. The van der Waals surface area contributed by atoms with Crippen LogP contribution in [0.4, 0.5) is 14.9 Å². The van der Waals surface area contributed by atoms with Crippen LogP contribution in [0, 0.1) is 12.9 Å². The minimum atomic E-state index is -0.409. The summed E-state index contributed by atoms with van der Waals surface area (Å²) in [5.41, 5.74) is 3.97. The maximum atomic E-state index is 14.1. The van der Waals surface area contributed by atoms with Gasteiger partial charge in [-0.15, -0.1) is 0 Å². The average Bonchev–Trinajstić information content (AvgIpc) is 3.26. The molecule has 1 aromatic carbocycles. The second kappa shape index (κ2) is 6.44. The number of nitrogens with zero attached hydrogens (tertiary/aromatic N) is 3. The lowest BCUT2D eigenvalue weighted by Gasteiger charge is -2.36. The van der Waals surface area contributed by atoms with Crippen molar-refractivity contribution in [2.24, 2.45) is 0 Å². The highest BCUT2D eigenvalue weighted by Crippen LogP contribution is 2.44. The van der Waals surface area contributed by atoms with Crippen LogP contribution in [0.2, 0.25) is 0 Å². The molecular weight excluding hydrogens is 359 g/mol. The van der Waals surface area contributed by atoms with E-state index in [1.807, 2.05) is 42.2 Å². The molecule has 0 radical (unpaired) electrons. The molecule has 2 aliphatic rings. The first-order chi connectivity index (χ1) is 13.6. The number of carbonyl (C=O) groups excluding carboxylic acids is 1. The Morgan fingerprint density at radius 2 is 2.04 bits per heavy atom. The third-order valence-corrected chi connectivity index (χ3v) is 5.72. The Labute approximate surface area is 161 Å². The lowest BCUT2D eigenvalue weighted by atomic mass is 9.95. The first-order valence-corrected chi connectivity index (χ1v) is 9.35. The second-order valence-corrected chi connectivity index (χ2v) is 7.30. The number of anilines is 1. The van der Waals surface area contributed by atoms with Crippen LogP contribution in [-0.4, -0.2) is 26.9 Å². The number of aryl methyl sites for hydroxylation is 1. The fraction of sp³-hybridized carbons (Fsp3) is 0.286. The molecular formula is C21H19FN4O2. The van der Waals surface area contributed by atoms with Gasteiger partial charge in [-0.2, -0.15) is 4.39 Å². The van der Waals surface area contributed by atoms with Gasteiger partial charge >= 0.3 is 6.03 Å². The highest BCUT2D eigenvalue weighted by molar-refractivity contribution is 5.90. The Kier molecular flexibility index (Phi) is 3.89. The number of hydrogen-bond acceptors (Lipinski definition) is 4. The number of amides is 2. The van der Waals surface area contributed by atoms with Crippen molar-refractivity contribution in [3.8, 4) is 11.3 Å². The van der Waals surface area contributed by atoms with Crippen molar-refractivity contribution in [1.29, 1.82) is 0 Å². The molecule has 142 valence electrons. The summed E-state index contributed by atoms with van der Waals surface area (Å²) >= 11 is 0. The van der Waals surface area contributed by atoms with Gasteiger partial charge in [-0.1, -0.05) is 0 Å². The molecule has 1 N–H and O–H groups in total. The number of carbonyl (C=O) groups is 1. The van der Waals surface area contributed by atoms with Crippen molar-refractivity contribution in [1.82, 2.24) is 14.9 Å². The summed E-state index contributed by atoms with van der Waals surface area (Å²) in [5, 5.41) is 2.98. The highest BCUT2D eigenvalue weighted by Gasteiger charge is 2.43. The Hall–Kier alpha value is -3.22.